The SMILES string of the molecule is CCOC(=O)C1=C(c2ccccc2)N=C2SC=C(CC(=O)NCCN3CCOCC3)N2[C@@H]1c1ccccc1OC. The number of ether oxygens (including phenoxy) is 3. The third-order valence-electron chi connectivity index (χ3n) is 6.98. The highest BCUT2D eigenvalue weighted by atomic mass is 32.2. The van der Waals surface area contributed by atoms with Gasteiger partial charge in [0.2, 0.25) is 5.91 Å². The Bertz CT molecular complexity index is 1320. The summed E-state index contributed by atoms with van der Waals surface area (Å²) in [6.07, 6.45) is 0.150. The number of nitrogens with one attached hydrogen (secondary N) is 1. The van der Waals surface area contributed by atoms with Gasteiger partial charge in [0.15, 0.2) is 5.17 Å². The van der Waals surface area contributed by atoms with Gasteiger partial charge in [-0.2, -0.15) is 0 Å². The van der Waals surface area contributed by atoms with Crippen LogP contribution in [0, 0.1) is 0 Å². The number of amidine groups is 1. The highest BCUT2D eigenvalue weighted by Crippen LogP contribution is 2.48. The molecule has 210 valence electrons. The summed E-state index contributed by atoms with van der Waals surface area (Å²) in [5.41, 5.74) is 3.32. The first-order chi connectivity index (χ1) is 19.6. The Balaban J connectivity index is 1.48. The van der Waals surface area contributed by atoms with Crippen LogP contribution in [0.1, 0.15) is 30.5 Å². The average molecular weight is 563 g/mol. The molecule has 0 aliphatic carbocycles. The Labute approximate surface area is 238 Å². The number of aliphatic imine (C=N–C) groups is 1. The Hall–Kier alpha value is -3.60. The van der Waals surface area contributed by atoms with Crippen LogP contribution in [0.2, 0.25) is 0 Å². The molecule has 0 bridgehead atoms. The number of thioether (sulfide) groups is 1. The summed E-state index contributed by atoms with van der Waals surface area (Å²) < 4.78 is 16.7. The number of hydrogen-bond acceptors (Lipinski definition) is 9. The van der Waals surface area contributed by atoms with Crippen LogP contribution in [0.25, 0.3) is 5.70 Å². The van der Waals surface area contributed by atoms with Crippen LogP contribution in [0.4, 0.5) is 0 Å². The van der Waals surface area contributed by atoms with Crippen LogP contribution in [-0.2, 0) is 19.1 Å². The van der Waals surface area contributed by atoms with E-state index in [9.17, 15) is 9.59 Å². The van der Waals surface area contributed by atoms with Crippen molar-refractivity contribution in [2.24, 2.45) is 4.99 Å². The zero-order valence-electron chi connectivity index (χ0n) is 22.8. The maximum atomic E-state index is 13.6. The van der Waals surface area contributed by atoms with E-state index >= 15 is 0 Å². The van der Waals surface area contributed by atoms with E-state index in [1.807, 2.05) is 64.9 Å². The molecule has 0 spiro atoms. The van der Waals surface area contributed by atoms with E-state index in [1.165, 1.54) is 11.8 Å². The van der Waals surface area contributed by atoms with Crippen molar-refractivity contribution < 1.29 is 23.8 Å². The van der Waals surface area contributed by atoms with E-state index < -0.39 is 12.0 Å². The standard InChI is InChI=1S/C30H34N4O5S/c1-3-39-29(36)26-27(21-9-5-4-6-10-21)32-30-34(28(26)23-11-7-8-12-24(23)37-2)22(20-40-30)19-25(35)31-13-14-33-15-17-38-18-16-33/h4-12,20,28H,3,13-19H2,1-2H3,(H,31,35)/t28-/m1/s1. The summed E-state index contributed by atoms with van der Waals surface area (Å²) in [6.45, 7) is 6.54. The summed E-state index contributed by atoms with van der Waals surface area (Å²) in [5.74, 6) is 0.0936. The highest BCUT2D eigenvalue weighted by Gasteiger charge is 2.43. The molecule has 2 aromatic rings. The van der Waals surface area contributed by atoms with E-state index in [-0.39, 0.29) is 18.9 Å². The quantitative estimate of drug-likeness (QED) is 0.437. The molecule has 9 nitrogen and oxygen atoms in total. The molecule has 1 saturated heterocycles. The smallest absolute Gasteiger partial charge is 0.338 e. The minimum Gasteiger partial charge on any atom is -0.496 e. The van der Waals surface area contributed by atoms with Crippen LogP contribution in [0.3, 0.4) is 0 Å². The minimum atomic E-state index is -0.597. The van der Waals surface area contributed by atoms with Crippen molar-refractivity contribution in [2.45, 2.75) is 19.4 Å². The van der Waals surface area contributed by atoms with Crippen LogP contribution in [0.15, 0.2) is 76.3 Å². The lowest BCUT2D eigenvalue weighted by Crippen LogP contribution is -2.42. The highest BCUT2D eigenvalue weighted by molar-refractivity contribution is 8.16. The predicted molar refractivity (Wildman–Crippen MR) is 156 cm³/mol. The topological polar surface area (TPSA) is 92.7 Å². The van der Waals surface area contributed by atoms with Gasteiger partial charge in [-0.15, -0.1) is 0 Å². The number of benzene rings is 2. The first-order valence-corrected chi connectivity index (χ1v) is 14.4. The van der Waals surface area contributed by atoms with Crippen molar-refractivity contribution in [2.75, 3.05) is 53.1 Å². The number of para-hydroxylation sites is 1. The zero-order valence-corrected chi connectivity index (χ0v) is 23.6. The molecular weight excluding hydrogens is 528 g/mol. The summed E-state index contributed by atoms with van der Waals surface area (Å²) in [6, 6.07) is 16.7. The van der Waals surface area contributed by atoms with Crippen molar-refractivity contribution in [3.63, 3.8) is 0 Å². The molecule has 1 N–H and O–H groups in total. The second-order valence-corrected chi connectivity index (χ2v) is 10.3. The maximum Gasteiger partial charge on any atom is 0.338 e. The number of carbonyl (C=O) groups is 2. The Kier molecular flexibility index (Phi) is 9.20. The lowest BCUT2D eigenvalue weighted by Gasteiger charge is -2.37. The van der Waals surface area contributed by atoms with E-state index in [0.29, 0.717) is 28.7 Å². The van der Waals surface area contributed by atoms with Gasteiger partial charge < -0.3 is 24.4 Å². The number of fused-ring (bicyclic) bond motifs is 1. The minimum absolute atomic E-state index is 0.0874. The lowest BCUT2D eigenvalue weighted by atomic mass is 9.91. The number of hydrogen-bond donors (Lipinski definition) is 1. The Morgan fingerprint density at radius 3 is 2.60 bits per heavy atom. The lowest BCUT2D eigenvalue weighted by molar-refractivity contribution is -0.139. The van der Waals surface area contributed by atoms with Crippen LogP contribution in [-0.4, -0.2) is 80.0 Å². The van der Waals surface area contributed by atoms with Gasteiger partial charge in [0.1, 0.15) is 5.75 Å². The molecule has 3 heterocycles. The van der Waals surface area contributed by atoms with Gasteiger partial charge in [0.25, 0.3) is 0 Å². The van der Waals surface area contributed by atoms with Crippen molar-refractivity contribution in [1.82, 2.24) is 15.1 Å². The van der Waals surface area contributed by atoms with E-state index in [0.717, 1.165) is 49.7 Å². The summed E-state index contributed by atoms with van der Waals surface area (Å²) in [5, 5.41) is 5.69. The first-order valence-electron chi connectivity index (χ1n) is 13.5. The molecule has 0 saturated carbocycles. The monoisotopic (exact) mass is 562 g/mol. The molecule has 0 radical (unpaired) electrons. The molecule has 0 aromatic heterocycles. The number of morpholine rings is 1. The van der Waals surface area contributed by atoms with Crippen molar-refractivity contribution in [1.29, 1.82) is 0 Å². The number of rotatable bonds is 10. The fourth-order valence-electron chi connectivity index (χ4n) is 5.08. The Morgan fingerprint density at radius 1 is 1.10 bits per heavy atom. The first kappa shape index (κ1) is 27.9. The Morgan fingerprint density at radius 2 is 1.85 bits per heavy atom. The molecule has 1 fully saturated rings. The number of amides is 1. The molecule has 0 unspecified atom stereocenters. The van der Waals surface area contributed by atoms with Crippen molar-refractivity contribution in [3.8, 4) is 5.75 Å². The van der Waals surface area contributed by atoms with Crippen molar-refractivity contribution >= 4 is 34.5 Å². The molecule has 2 aromatic carbocycles. The second kappa shape index (κ2) is 13.2. The maximum absolute atomic E-state index is 13.6. The van der Waals surface area contributed by atoms with Gasteiger partial charge in [-0.3, -0.25) is 9.69 Å². The van der Waals surface area contributed by atoms with Crippen molar-refractivity contribution in [3.05, 3.63) is 82.4 Å². The number of nitrogens with zero attached hydrogens (tertiary/aromatic N) is 3. The third-order valence-corrected chi connectivity index (χ3v) is 7.87. The molecule has 1 amide bonds. The normalized spacial score (nSPS) is 19.1. The summed E-state index contributed by atoms with van der Waals surface area (Å²) >= 11 is 1.45. The van der Waals surface area contributed by atoms with Gasteiger partial charge in [0.05, 0.1) is 50.7 Å². The van der Waals surface area contributed by atoms with E-state index in [1.54, 1.807) is 14.0 Å². The molecule has 1 atom stereocenters. The number of carbonyl (C=O) groups excluding carboxylic acids is 2. The largest absolute Gasteiger partial charge is 0.496 e. The number of methoxy groups -OCH3 is 1. The molecule has 3 aliphatic heterocycles. The van der Waals surface area contributed by atoms with Gasteiger partial charge in [-0.1, -0.05) is 60.3 Å². The summed E-state index contributed by atoms with van der Waals surface area (Å²) in [7, 11) is 1.61. The van der Waals surface area contributed by atoms with Gasteiger partial charge in [-0.25, -0.2) is 9.79 Å². The number of esters is 1. The molecule has 10 heteroatoms. The zero-order chi connectivity index (χ0) is 27.9. The predicted octanol–water partition coefficient (Wildman–Crippen LogP) is 3.81. The van der Waals surface area contributed by atoms with Crippen LogP contribution < -0.4 is 10.1 Å². The summed E-state index contributed by atoms with van der Waals surface area (Å²) in [4.78, 5) is 35.9. The van der Waals surface area contributed by atoms with E-state index in [2.05, 4.69) is 10.2 Å². The van der Waals surface area contributed by atoms with Gasteiger partial charge in [-0.05, 0) is 18.4 Å². The molecular formula is C30H34N4O5S. The van der Waals surface area contributed by atoms with Gasteiger partial charge >= 0.3 is 5.97 Å². The molecule has 40 heavy (non-hydrogen) atoms. The van der Waals surface area contributed by atoms with Crippen LogP contribution in [0.5, 0.6) is 5.75 Å². The average Bonchev–Trinajstić information content (AvgIpc) is 3.39. The molecule has 3 aliphatic rings. The van der Waals surface area contributed by atoms with Gasteiger partial charge in [0, 0.05) is 43.0 Å². The van der Waals surface area contributed by atoms with E-state index in [4.69, 9.17) is 19.2 Å². The van der Waals surface area contributed by atoms with Crippen LogP contribution >= 0.6 is 11.8 Å². The molecule has 5 rings (SSSR count). The fraction of sp³-hybridized carbons (Fsp3) is 0.367. The fourth-order valence-corrected chi connectivity index (χ4v) is 6.00. The second-order valence-electron chi connectivity index (χ2n) is 9.47. The third kappa shape index (κ3) is 6.09.